The molecule has 0 amide bonds. The Hall–Kier alpha value is -0.590. The summed E-state index contributed by atoms with van der Waals surface area (Å²) < 4.78 is 28.6. The molecule has 6 heteroatoms. The summed E-state index contributed by atoms with van der Waals surface area (Å²) in [6.45, 7) is 6.57. The van der Waals surface area contributed by atoms with E-state index in [0.717, 1.165) is 23.3 Å². The quantitative estimate of drug-likeness (QED) is 0.672. The van der Waals surface area contributed by atoms with Gasteiger partial charge in [-0.15, -0.1) is 0 Å². The molecule has 0 saturated carbocycles. The van der Waals surface area contributed by atoms with E-state index < -0.39 is 9.84 Å². The number of rotatable bonds is 9. The molecular formula is C15H24BrNO3S. The smallest absolute Gasteiger partial charge is 0.147 e. The zero-order valence-electron chi connectivity index (χ0n) is 12.9. The molecule has 0 atom stereocenters. The molecule has 0 heterocycles. The summed E-state index contributed by atoms with van der Waals surface area (Å²) >= 11 is 3.49. The van der Waals surface area contributed by atoms with Crippen LogP contribution in [-0.4, -0.2) is 33.6 Å². The van der Waals surface area contributed by atoms with Crippen LogP contribution in [0.15, 0.2) is 22.7 Å². The molecule has 0 aromatic heterocycles. The van der Waals surface area contributed by atoms with Crippen molar-refractivity contribution in [1.82, 2.24) is 5.32 Å². The van der Waals surface area contributed by atoms with Crippen molar-refractivity contribution >= 4 is 25.8 Å². The molecule has 0 spiro atoms. The summed E-state index contributed by atoms with van der Waals surface area (Å²) in [5, 5.41) is 3.39. The van der Waals surface area contributed by atoms with Crippen LogP contribution in [0.4, 0.5) is 0 Å². The molecule has 0 aliphatic heterocycles. The summed E-state index contributed by atoms with van der Waals surface area (Å²) in [4.78, 5) is 0. The van der Waals surface area contributed by atoms with Crippen LogP contribution in [0.2, 0.25) is 0 Å². The molecule has 0 radical (unpaired) electrons. The predicted molar refractivity (Wildman–Crippen MR) is 90.5 cm³/mol. The fraction of sp³-hybridized carbons (Fsp3) is 0.600. The summed E-state index contributed by atoms with van der Waals surface area (Å²) in [6, 6.07) is 5.96. The van der Waals surface area contributed by atoms with E-state index in [1.165, 1.54) is 11.8 Å². The third kappa shape index (κ3) is 8.44. The summed E-state index contributed by atoms with van der Waals surface area (Å²) in [6.07, 6.45) is 1.74. The van der Waals surface area contributed by atoms with Crippen LogP contribution in [0, 0.1) is 5.92 Å². The summed E-state index contributed by atoms with van der Waals surface area (Å²) in [5.74, 6) is 1.53. The molecule has 0 bridgehead atoms. The molecule has 21 heavy (non-hydrogen) atoms. The Morgan fingerprint density at radius 2 is 2.05 bits per heavy atom. The number of hydrogen-bond donors (Lipinski definition) is 1. The van der Waals surface area contributed by atoms with Crippen molar-refractivity contribution in [2.24, 2.45) is 5.92 Å². The maximum absolute atomic E-state index is 11.0. The molecule has 0 aliphatic rings. The minimum atomic E-state index is -2.91. The highest BCUT2D eigenvalue weighted by Gasteiger charge is 2.05. The van der Waals surface area contributed by atoms with Crippen molar-refractivity contribution in [1.29, 1.82) is 0 Å². The number of benzene rings is 1. The van der Waals surface area contributed by atoms with E-state index in [1.54, 1.807) is 0 Å². The van der Waals surface area contributed by atoms with Crippen molar-refractivity contribution in [3.63, 3.8) is 0 Å². The normalized spacial score (nSPS) is 11.9. The first-order valence-electron chi connectivity index (χ1n) is 7.07. The Kier molecular flexibility index (Phi) is 7.70. The highest BCUT2D eigenvalue weighted by atomic mass is 79.9. The molecule has 1 N–H and O–H groups in total. The first kappa shape index (κ1) is 18.5. The largest absolute Gasteiger partial charge is 0.492 e. The van der Waals surface area contributed by atoms with Gasteiger partial charge in [-0.05, 0) is 52.5 Å². The lowest BCUT2D eigenvalue weighted by Crippen LogP contribution is -2.18. The first-order valence-corrected chi connectivity index (χ1v) is 9.93. The van der Waals surface area contributed by atoms with E-state index in [9.17, 15) is 8.42 Å². The van der Waals surface area contributed by atoms with Gasteiger partial charge < -0.3 is 10.1 Å². The van der Waals surface area contributed by atoms with Crippen LogP contribution in [-0.2, 0) is 16.4 Å². The molecule has 4 nitrogen and oxygen atoms in total. The van der Waals surface area contributed by atoms with Gasteiger partial charge in [0, 0.05) is 12.8 Å². The van der Waals surface area contributed by atoms with E-state index >= 15 is 0 Å². The van der Waals surface area contributed by atoms with Crippen LogP contribution in [0.3, 0.4) is 0 Å². The Labute approximate surface area is 136 Å². The van der Waals surface area contributed by atoms with Crippen LogP contribution in [0.5, 0.6) is 5.75 Å². The van der Waals surface area contributed by atoms with Crippen molar-refractivity contribution < 1.29 is 13.2 Å². The maximum Gasteiger partial charge on any atom is 0.147 e. The van der Waals surface area contributed by atoms with Gasteiger partial charge in [-0.25, -0.2) is 8.42 Å². The predicted octanol–water partition coefficient (Wildman–Crippen LogP) is 3.01. The molecule has 0 aliphatic carbocycles. The van der Waals surface area contributed by atoms with Crippen LogP contribution < -0.4 is 10.1 Å². The van der Waals surface area contributed by atoms with E-state index in [-0.39, 0.29) is 5.75 Å². The number of nitrogens with one attached hydrogen (secondary N) is 1. The van der Waals surface area contributed by atoms with Crippen LogP contribution in [0.25, 0.3) is 0 Å². The minimum absolute atomic E-state index is 0.155. The van der Waals surface area contributed by atoms with Crippen molar-refractivity contribution in [3.05, 3.63) is 28.2 Å². The Bertz CT molecular complexity index is 544. The van der Waals surface area contributed by atoms with E-state index in [2.05, 4.69) is 35.1 Å². The molecular weight excluding hydrogens is 354 g/mol. The molecule has 0 fully saturated rings. The van der Waals surface area contributed by atoms with Crippen molar-refractivity contribution in [2.75, 3.05) is 25.2 Å². The lowest BCUT2D eigenvalue weighted by molar-refractivity contribution is 0.315. The average Bonchev–Trinajstić information content (AvgIpc) is 2.35. The zero-order chi connectivity index (χ0) is 15.9. The van der Waals surface area contributed by atoms with Crippen LogP contribution in [0.1, 0.15) is 25.8 Å². The Morgan fingerprint density at radius 3 is 2.62 bits per heavy atom. The monoisotopic (exact) mass is 377 g/mol. The second-order valence-corrected chi connectivity index (χ2v) is 8.74. The summed E-state index contributed by atoms with van der Waals surface area (Å²) in [7, 11) is -2.91. The number of sulfone groups is 1. The second-order valence-electron chi connectivity index (χ2n) is 5.62. The fourth-order valence-corrected chi connectivity index (χ4v) is 2.96. The van der Waals surface area contributed by atoms with Gasteiger partial charge in [0.25, 0.3) is 0 Å². The van der Waals surface area contributed by atoms with Crippen molar-refractivity contribution in [2.45, 2.75) is 26.8 Å². The highest BCUT2D eigenvalue weighted by molar-refractivity contribution is 9.10. The Morgan fingerprint density at radius 1 is 1.33 bits per heavy atom. The third-order valence-corrected chi connectivity index (χ3v) is 4.44. The number of halogens is 1. The lowest BCUT2D eigenvalue weighted by atomic mass is 10.2. The molecule has 1 aromatic carbocycles. The van der Waals surface area contributed by atoms with Crippen molar-refractivity contribution in [3.8, 4) is 5.75 Å². The second kappa shape index (κ2) is 8.76. The molecule has 0 unspecified atom stereocenters. The van der Waals surface area contributed by atoms with E-state index in [1.807, 2.05) is 18.2 Å². The number of hydrogen-bond acceptors (Lipinski definition) is 4. The summed E-state index contributed by atoms with van der Waals surface area (Å²) in [5.41, 5.74) is 1.19. The molecule has 1 aromatic rings. The van der Waals surface area contributed by atoms with Gasteiger partial charge >= 0.3 is 0 Å². The van der Waals surface area contributed by atoms with Gasteiger partial charge in [0.2, 0.25) is 0 Å². The van der Waals surface area contributed by atoms with Gasteiger partial charge in [0.15, 0.2) is 0 Å². The number of ether oxygens (including phenoxy) is 1. The molecule has 1 rings (SSSR count). The van der Waals surface area contributed by atoms with Gasteiger partial charge in [0.05, 0.1) is 16.8 Å². The van der Waals surface area contributed by atoms with Gasteiger partial charge in [-0.1, -0.05) is 19.9 Å². The SMILES string of the molecule is CC(C)CNCc1ccc(OCCCS(C)(=O)=O)c(Br)c1. The third-order valence-electron chi connectivity index (χ3n) is 2.80. The van der Waals surface area contributed by atoms with E-state index in [4.69, 9.17) is 4.74 Å². The average molecular weight is 378 g/mol. The highest BCUT2D eigenvalue weighted by Crippen LogP contribution is 2.26. The first-order chi connectivity index (χ1) is 9.78. The molecule has 0 saturated heterocycles. The van der Waals surface area contributed by atoms with Crippen LogP contribution >= 0.6 is 15.9 Å². The van der Waals surface area contributed by atoms with Gasteiger partial charge in [-0.2, -0.15) is 0 Å². The minimum Gasteiger partial charge on any atom is -0.492 e. The van der Waals surface area contributed by atoms with Gasteiger partial charge in [-0.3, -0.25) is 0 Å². The van der Waals surface area contributed by atoms with Gasteiger partial charge in [0.1, 0.15) is 15.6 Å². The standard InChI is InChI=1S/C15H24BrNO3S/c1-12(2)10-17-11-13-5-6-15(14(16)9-13)20-7-4-8-21(3,18)19/h5-6,9,12,17H,4,7-8,10-11H2,1-3H3. The van der Waals surface area contributed by atoms with E-state index in [0.29, 0.717) is 18.9 Å². The topological polar surface area (TPSA) is 55.4 Å². The lowest BCUT2D eigenvalue weighted by Gasteiger charge is -2.11. The zero-order valence-corrected chi connectivity index (χ0v) is 15.3. The molecule has 120 valence electrons. The maximum atomic E-state index is 11.0. The fourth-order valence-electron chi connectivity index (χ4n) is 1.78. The Balaban J connectivity index is 2.43.